The lowest BCUT2D eigenvalue weighted by Crippen LogP contribution is -2.02. The molecule has 0 heterocycles. The molecule has 2 aromatic rings. The normalized spacial score (nSPS) is 12.2. The second-order valence-electron chi connectivity index (χ2n) is 4.91. The zero-order valence-corrected chi connectivity index (χ0v) is 13.8. The molecule has 2 aromatic carbocycles. The molecule has 0 aromatic heterocycles. The van der Waals surface area contributed by atoms with Crippen LogP contribution in [-0.2, 0) is 20.2 Å². The van der Waals surface area contributed by atoms with Crippen molar-refractivity contribution in [2.24, 2.45) is 0 Å². The minimum absolute atomic E-state index is 0.205. The molecule has 2 rings (SSSR count). The number of rotatable bonds is 4. The van der Waals surface area contributed by atoms with Crippen LogP contribution in [0.25, 0.3) is 0 Å². The highest BCUT2D eigenvalue weighted by molar-refractivity contribution is 7.86. The molecule has 0 amide bonds. The van der Waals surface area contributed by atoms with Crippen molar-refractivity contribution in [3.63, 3.8) is 0 Å². The zero-order chi connectivity index (χ0) is 17.4. The van der Waals surface area contributed by atoms with Crippen molar-refractivity contribution < 1.29 is 30.7 Å². The monoisotopic (exact) mass is 358 g/mol. The lowest BCUT2D eigenvalue weighted by atomic mass is 10.1. The van der Waals surface area contributed by atoms with Gasteiger partial charge in [-0.2, -0.15) is 16.8 Å². The summed E-state index contributed by atoms with van der Waals surface area (Å²) in [6.07, 6.45) is 0. The third kappa shape index (κ3) is 4.08. The maximum atomic E-state index is 11.2. The Kier molecular flexibility index (Phi) is 4.49. The Bertz CT molecular complexity index is 943. The van der Waals surface area contributed by atoms with Crippen LogP contribution in [0.5, 0.6) is 11.5 Å². The Morgan fingerprint density at radius 1 is 0.826 bits per heavy atom. The maximum Gasteiger partial charge on any atom is 0.294 e. The molecule has 0 bridgehead atoms. The van der Waals surface area contributed by atoms with Gasteiger partial charge in [-0.15, -0.1) is 0 Å². The number of hydrogen-bond donors (Lipinski definition) is 2. The van der Waals surface area contributed by atoms with E-state index < -0.39 is 20.2 Å². The van der Waals surface area contributed by atoms with E-state index in [4.69, 9.17) is 13.8 Å². The summed E-state index contributed by atoms with van der Waals surface area (Å²) < 4.78 is 68.0. The van der Waals surface area contributed by atoms with Crippen molar-refractivity contribution in [2.75, 3.05) is 0 Å². The summed E-state index contributed by atoms with van der Waals surface area (Å²) in [6, 6.07) is 7.81. The third-order valence-corrected chi connectivity index (χ3v) is 4.96. The van der Waals surface area contributed by atoms with Crippen LogP contribution in [0.2, 0.25) is 0 Å². The van der Waals surface area contributed by atoms with Gasteiger partial charge in [-0.05, 0) is 61.4 Å². The molecule has 0 radical (unpaired) electrons. The van der Waals surface area contributed by atoms with E-state index >= 15 is 0 Å². The van der Waals surface area contributed by atoms with Crippen molar-refractivity contribution in [1.82, 2.24) is 0 Å². The van der Waals surface area contributed by atoms with Gasteiger partial charge in [-0.3, -0.25) is 9.11 Å². The van der Waals surface area contributed by atoms with Crippen LogP contribution in [0.3, 0.4) is 0 Å². The fourth-order valence-electron chi connectivity index (χ4n) is 1.96. The van der Waals surface area contributed by atoms with E-state index in [2.05, 4.69) is 0 Å². The van der Waals surface area contributed by atoms with Gasteiger partial charge in [0.05, 0.1) is 9.79 Å². The van der Waals surface area contributed by atoms with Crippen molar-refractivity contribution in [1.29, 1.82) is 0 Å². The molecular formula is C14H14O7S2. The van der Waals surface area contributed by atoms with Crippen molar-refractivity contribution >= 4 is 20.2 Å². The van der Waals surface area contributed by atoms with Crippen LogP contribution in [-0.4, -0.2) is 25.9 Å². The molecule has 0 unspecified atom stereocenters. The molecule has 124 valence electrons. The Hall–Kier alpha value is -1.94. The van der Waals surface area contributed by atoms with Crippen LogP contribution in [0.15, 0.2) is 46.2 Å². The minimum Gasteiger partial charge on any atom is -0.457 e. The molecule has 2 N–H and O–H groups in total. The van der Waals surface area contributed by atoms with Gasteiger partial charge in [-0.25, -0.2) is 0 Å². The SMILES string of the molecule is Cc1cc(S(=O)(=O)O)c(C)cc1Oc1ccc(S(=O)(=O)O)cc1. The zero-order valence-electron chi connectivity index (χ0n) is 12.2. The third-order valence-electron chi connectivity index (χ3n) is 3.10. The molecule has 0 fully saturated rings. The van der Waals surface area contributed by atoms with Gasteiger partial charge in [0, 0.05) is 0 Å². The summed E-state index contributed by atoms with van der Waals surface area (Å²) in [5, 5.41) is 0. The van der Waals surface area contributed by atoms with Gasteiger partial charge >= 0.3 is 0 Å². The van der Waals surface area contributed by atoms with E-state index in [1.165, 1.54) is 43.3 Å². The fourth-order valence-corrected chi connectivity index (χ4v) is 3.23. The predicted octanol–water partition coefficient (Wildman–Crippen LogP) is 2.59. The Morgan fingerprint density at radius 3 is 1.87 bits per heavy atom. The Balaban J connectivity index is 2.36. The number of ether oxygens (including phenoxy) is 1. The van der Waals surface area contributed by atoms with E-state index in [0.717, 1.165) is 0 Å². The molecule has 0 aliphatic rings. The van der Waals surface area contributed by atoms with Gasteiger partial charge in [0.1, 0.15) is 11.5 Å². The molecule has 0 aliphatic carbocycles. The molecule has 0 spiro atoms. The summed E-state index contributed by atoms with van der Waals surface area (Å²) in [5.74, 6) is 0.661. The van der Waals surface area contributed by atoms with Crippen molar-refractivity contribution in [3.05, 3.63) is 47.5 Å². The largest absolute Gasteiger partial charge is 0.457 e. The topological polar surface area (TPSA) is 118 Å². The number of benzene rings is 2. The van der Waals surface area contributed by atoms with E-state index in [0.29, 0.717) is 22.6 Å². The van der Waals surface area contributed by atoms with Gasteiger partial charge in [0.15, 0.2) is 0 Å². The molecule has 9 heteroatoms. The van der Waals surface area contributed by atoms with Gasteiger partial charge in [0.2, 0.25) is 0 Å². The van der Waals surface area contributed by atoms with E-state index in [-0.39, 0.29) is 9.79 Å². The van der Waals surface area contributed by atoms with Gasteiger partial charge in [-0.1, -0.05) is 0 Å². The summed E-state index contributed by atoms with van der Waals surface area (Å²) in [6.45, 7) is 3.12. The first-order valence-electron chi connectivity index (χ1n) is 6.32. The van der Waals surface area contributed by atoms with Crippen LogP contribution < -0.4 is 4.74 Å². The Labute approximate surface area is 134 Å². The van der Waals surface area contributed by atoms with Gasteiger partial charge < -0.3 is 4.74 Å². The fraction of sp³-hybridized carbons (Fsp3) is 0.143. The molecule has 0 saturated heterocycles. The molecular weight excluding hydrogens is 344 g/mol. The highest BCUT2D eigenvalue weighted by Crippen LogP contribution is 2.30. The molecule has 23 heavy (non-hydrogen) atoms. The average molecular weight is 358 g/mol. The quantitative estimate of drug-likeness (QED) is 0.806. The molecule has 7 nitrogen and oxygen atoms in total. The van der Waals surface area contributed by atoms with Crippen LogP contribution in [0.4, 0.5) is 0 Å². The first kappa shape index (κ1) is 17.4. The maximum absolute atomic E-state index is 11.2. The van der Waals surface area contributed by atoms with Crippen molar-refractivity contribution in [3.8, 4) is 11.5 Å². The van der Waals surface area contributed by atoms with Crippen LogP contribution >= 0.6 is 0 Å². The minimum atomic E-state index is -4.32. The molecule has 0 atom stereocenters. The highest BCUT2D eigenvalue weighted by atomic mass is 32.2. The van der Waals surface area contributed by atoms with E-state index in [9.17, 15) is 16.8 Å². The van der Waals surface area contributed by atoms with E-state index in [1.54, 1.807) is 6.92 Å². The Morgan fingerprint density at radius 2 is 1.39 bits per heavy atom. The smallest absolute Gasteiger partial charge is 0.294 e. The average Bonchev–Trinajstić information content (AvgIpc) is 2.41. The first-order chi connectivity index (χ1) is 10.5. The van der Waals surface area contributed by atoms with Crippen LogP contribution in [0.1, 0.15) is 11.1 Å². The number of aryl methyl sites for hydroxylation is 2. The van der Waals surface area contributed by atoms with Crippen LogP contribution in [0, 0.1) is 13.8 Å². The standard InChI is InChI=1S/C14H14O7S2/c1-9-8-14(23(18,19)20)10(2)7-13(9)21-11-3-5-12(6-4-11)22(15,16)17/h3-8H,1-2H3,(H,15,16,17)(H,18,19,20). The lowest BCUT2D eigenvalue weighted by molar-refractivity contribution is 0.473. The predicted molar refractivity (Wildman–Crippen MR) is 82.1 cm³/mol. The first-order valence-corrected chi connectivity index (χ1v) is 9.20. The summed E-state index contributed by atoms with van der Waals surface area (Å²) in [7, 11) is -8.60. The number of hydrogen-bond acceptors (Lipinski definition) is 5. The van der Waals surface area contributed by atoms with Gasteiger partial charge in [0.25, 0.3) is 20.2 Å². The molecule has 0 aliphatic heterocycles. The second kappa shape index (κ2) is 5.93. The summed E-state index contributed by atoms with van der Waals surface area (Å²) in [5.41, 5.74) is 0.782. The lowest BCUT2D eigenvalue weighted by Gasteiger charge is -2.12. The second-order valence-corrected chi connectivity index (χ2v) is 7.72. The summed E-state index contributed by atoms with van der Waals surface area (Å²) in [4.78, 5) is -0.469. The summed E-state index contributed by atoms with van der Waals surface area (Å²) >= 11 is 0. The highest BCUT2D eigenvalue weighted by Gasteiger charge is 2.16. The van der Waals surface area contributed by atoms with Crippen molar-refractivity contribution in [2.45, 2.75) is 23.6 Å². The van der Waals surface area contributed by atoms with E-state index in [1.807, 2.05) is 0 Å². The molecule has 0 saturated carbocycles.